The van der Waals surface area contributed by atoms with Gasteiger partial charge in [0, 0.05) is 0 Å². The van der Waals surface area contributed by atoms with Crippen molar-refractivity contribution in [1.29, 1.82) is 5.26 Å². The molecule has 0 spiro atoms. The Labute approximate surface area is 69.4 Å². The van der Waals surface area contributed by atoms with Crippen molar-refractivity contribution in [2.24, 2.45) is 0 Å². The molecule has 1 aromatic heterocycles. The van der Waals surface area contributed by atoms with E-state index in [4.69, 9.17) is 11.0 Å². The first-order valence-corrected chi connectivity index (χ1v) is 3.36. The number of Topliss-reactive ketones (excluding diaryl/α,β-unsaturated/α-hetero) is 1. The zero-order valence-electron chi connectivity index (χ0n) is 6.61. The Bertz CT molecular complexity index is 347. The van der Waals surface area contributed by atoms with Crippen LogP contribution >= 0.6 is 0 Å². The van der Waals surface area contributed by atoms with Crippen LogP contribution in [0.5, 0.6) is 0 Å². The zero-order chi connectivity index (χ0) is 9.14. The fourth-order valence-electron chi connectivity index (χ4n) is 0.818. The number of hydrogen-bond donors (Lipinski definition) is 1. The van der Waals surface area contributed by atoms with Gasteiger partial charge in [0.2, 0.25) is 0 Å². The van der Waals surface area contributed by atoms with Crippen LogP contribution < -0.4 is 5.73 Å². The Balaban J connectivity index is 2.96. The van der Waals surface area contributed by atoms with Crippen LogP contribution in [-0.2, 0) is 11.3 Å². The summed E-state index contributed by atoms with van der Waals surface area (Å²) in [5.74, 6) is 0.196. The fourth-order valence-corrected chi connectivity index (χ4v) is 0.818. The number of anilines is 1. The predicted molar refractivity (Wildman–Crippen MR) is 42.0 cm³/mol. The van der Waals surface area contributed by atoms with Crippen molar-refractivity contribution < 1.29 is 4.79 Å². The molecule has 0 unspecified atom stereocenters. The number of nitrogen functional groups attached to an aromatic ring is 1. The van der Waals surface area contributed by atoms with E-state index in [1.807, 2.05) is 6.07 Å². The molecule has 0 amide bonds. The minimum atomic E-state index is -0.0470. The minimum Gasteiger partial charge on any atom is -0.383 e. The van der Waals surface area contributed by atoms with Crippen molar-refractivity contribution in [3.8, 4) is 6.07 Å². The molecule has 0 aromatic carbocycles. The van der Waals surface area contributed by atoms with Gasteiger partial charge in [0.25, 0.3) is 0 Å². The Morgan fingerprint density at radius 2 is 2.58 bits per heavy atom. The predicted octanol–water partition coefficient (Wildman–Crippen LogP) is -0.0740. The number of nitrogens with two attached hydrogens (primary N) is 1. The maximum Gasteiger partial charge on any atom is 0.151 e. The van der Waals surface area contributed by atoms with Gasteiger partial charge in [-0.05, 0) is 6.92 Å². The van der Waals surface area contributed by atoms with Gasteiger partial charge in [-0.3, -0.25) is 4.79 Å². The topological polar surface area (TPSA) is 84.7 Å². The minimum absolute atomic E-state index is 0.0470. The summed E-state index contributed by atoms with van der Waals surface area (Å²) in [6.45, 7) is 1.56. The number of carbonyl (C=O) groups is 1. The quantitative estimate of drug-likeness (QED) is 0.662. The highest BCUT2D eigenvalue weighted by Crippen LogP contribution is 2.08. The molecule has 0 fully saturated rings. The number of nitriles is 1. The maximum atomic E-state index is 10.7. The van der Waals surface area contributed by atoms with Crippen LogP contribution in [0.4, 0.5) is 5.82 Å². The lowest BCUT2D eigenvalue weighted by atomic mass is 10.3. The smallest absolute Gasteiger partial charge is 0.151 e. The summed E-state index contributed by atoms with van der Waals surface area (Å²) in [6, 6.07) is 1.87. The molecular weight excluding hydrogens is 156 g/mol. The third-order valence-corrected chi connectivity index (χ3v) is 1.37. The second kappa shape index (κ2) is 3.05. The average Bonchev–Trinajstić information content (AvgIpc) is 2.32. The van der Waals surface area contributed by atoms with Crippen molar-refractivity contribution >= 4 is 11.6 Å². The van der Waals surface area contributed by atoms with E-state index in [0.29, 0.717) is 5.56 Å². The first-order chi connectivity index (χ1) is 5.65. The average molecular weight is 164 g/mol. The molecule has 0 bridgehead atoms. The fraction of sp³-hybridized carbons (Fsp3) is 0.286. The van der Waals surface area contributed by atoms with Crippen molar-refractivity contribution in [2.75, 3.05) is 5.73 Å². The Kier molecular flexibility index (Phi) is 2.10. The molecule has 1 heterocycles. The van der Waals surface area contributed by atoms with Gasteiger partial charge in [-0.25, -0.2) is 4.68 Å². The van der Waals surface area contributed by atoms with Gasteiger partial charge in [0.15, 0.2) is 5.78 Å². The molecule has 5 heteroatoms. The zero-order valence-corrected chi connectivity index (χ0v) is 6.61. The lowest BCUT2D eigenvalue weighted by Crippen LogP contribution is -2.10. The van der Waals surface area contributed by atoms with Gasteiger partial charge in [-0.2, -0.15) is 10.4 Å². The third kappa shape index (κ3) is 1.42. The van der Waals surface area contributed by atoms with Crippen LogP contribution in [0.2, 0.25) is 0 Å². The highest BCUT2D eigenvalue weighted by atomic mass is 16.1. The molecule has 5 nitrogen and oxygen atoms in total. The van der Waals surface area contributed by atoms with Gasteiger partial charge in [0.05, 0.1) is 6.20 Å². The number of hydrogen-bond acceptors (Lipinski definition) is 4. The number of carbonyl (C=O) groups excluding carboxylic acids is 1. The van der Waals surface area contributed by atoms with E-state index >= 15 is 0 Å². The van der Waals surface area contributed by atoms with Crippen LogP contribution in [0.15, 0.2) is 6.20 Å². The molecule has 62 valence electrons. The highest BCUT2D eigenvalue weighted by molar-refractivity contribution is 5.75. The van der Waals surface area contributed by atoms with E-state index in [-0.39, 0.29) is 18.1 Å². The lowest BCUT2D eigenvalue weighted by molar-refractivity contribution is -0.117. The third-order valence-electron chi connectivity index (χ3n) is 1.37. The van der Waals surface area contributed by atoms with Crippen LogP contribution in [0.1, 0.15) is 12.5 Å². The SMILES string of the molecule is CC(=O)Cn1ncc(C#N)c1N. The molecule has 1 aromatic rings. The molecule has 0 radical (unpaired) electrons. The number of aromatic nitrogens is 2. The summed E-state index contributed by atoms with van der Waals surface area (Å²) in [5, 5.41) is 12.3. The van der Waals surface area contributed by atoms with Gasteiger partial charge >= 0.3 is 0 Å². The number of nitrogens with zero attached hydrogens (tertiary/aromatic N) is 3. The monoisotopic (exact) mass is 164 g/mol. The van der Waals surface area contributed by atoms with E-state index in [0.717, 1.165) is 0 Å². The molecule has 0 saturated heterocycles. The number of rotatable bonds is 2. The maximum absolute atomic E-state index is 10.7. The normalized spacial score (nSPS) is 9.33. The second-order valence-electron chi connectivity index (χ2n) is 2.41. The molecule has 0 atom stereocenters. The summed E-state index contributed by atoms with van der Waals surface area (Å²) < 4.78 is 1.31. The lowest BCUT2D eigenvalue weighted by Gasteiger charge is -1.98. The molecular formula is C7H8N4O. The van der Waals surface area contributed by atoms with Crippen molar-refractivity contribution in [2.45, 2.75) is 13.5 Å². The van der Waals surface area contributed by atoms with Crippen LogP contribution in [-0.4, -0.2) is 15.6 Å². The summed E-state index contributed by atoms with van der Waals surface area (Å²) in [5.41, 5.74) is 5.79. The molecule has 1 rings (SSSR count). The summed E-state index contributed by atoms with van der Waals surface area (Å²) in [4.78, 5) is 10.7. The molecule has 0 aliphatic rings. The van der Waals surface area contributed by atoms with Crippen LogP contribution in [0.25, 0.3) is 0 Å². The van der Waals surface area contributed by atoms with Gasteiger partial charge in [-0.15, -0.1) is 0 Å². The summed E-state index contributed by atoms with van der Waals surface area (Å²) in [6.07, 6.45) is 1.35. The van der Waals surface area contributed by atoms with Gasteiger partial charge < -0.3 is 5.73 Å². The standard InChI is InChI=1S/C7H8N4O/c1-5(12)4-11-7(9)6(2-8)3-10-11/h3H,4,9H2,1H3. The van der Waals surface area contributed by atoms with Crippen molar-refractivity contribution in [1.82, 2.24) is 9.78 Å². The molecule has 0 saturated carbocycles. The second-order valence-corrected chi connectivity index (χ2v) is 2.41. The molecule has 2 N–H and O–H groups in total. The van der Waals surface area contributed by atoms with E-state index in [1.165, 1.54) is 17.8 Å². The molecule has 12 heavy (non-hydrogen) atoms. The van der Waals surface area contributed by atoms with E-state index in [1.54, 1.807) is 0 Å². The highest BCUT2D eigenvalue weighted by Gasteiger charge is 2.06. The largest absolute Gasteiger partial charge is 0.383 e. The van der Waals surface area contributed by atoms with E-state index < -0.39 is 0 Å². The summed E-state index contributed by atoms with van der Waals surface area (Å²) in [7, 11) is 0. The summed E-state index contributed by atoms with van der Waals surface area (Å²) >= 11 is 0. The van der Waals surface area contributed by atoms with Crippen LogP contribution in [0, 0.1) is 11.3 Å². The van der Waals surface area contributed by atoms with Crippen LogP contribution in [0.3, 0.4) is 0 Å². The Morgan fingerprint density at radius 3 is 3.00 bits per heavy atom. The van der Waals surface area contributed by atoms with Crippen molar-refractivity contribution in [3.63, 3.8) is 0 Å². The Morgan fingerprint density at radius 1 is 1.92 bits per heavy atom. The van der Waals surface area contributed by atoms with Gasteiger partial charge in [0.1, 0.15) is 24.0 Å². The first-order valence-electron chi connectivity index (χ1n) is 3.36. The molecule has 0 aliphatic heterocycles. The first kappa shape index (κ1) is 8.27. The van der Waals surface area contributed by atoms with Crippen molar-refractivity contribution in [3.05, 3.63) is 11.8 Å². The number of ketones is 1. The van der Waals surface area contributed by atoms with Gasteiger partial charge in [-0.1, -0.05) is 0 Å². The van der Waals surface area contributed by atoms with E-state index in [2.05, 4.69) is 5.10 Å². The molecule has 0 aliphatic carbocycles. The van der Waals surface area contributed by atoms with E-state index in [9.17, 15) is 4.79 Å². The Hall–Kier alpha value is -1.83.